The number of halogens is 1. The predicted octanol–water partition coefficient (Wildman–Crippen LogP) is 2.69. The summed E-state index contributed by atoms with van der Waals surface area (Å²) in [7, 11) is 0. The molecule has 5 heteroatoms. The van der Waals surface area contributed by atoms with Gasteiger partial charge in [-0.05, 0) is 52.0 Å². The third kappa shape index (κ3) is 3.19. The number of rotatable bonds is 3. The molecule has 0 saturated heterocycles. The maximum Gasteiger partial charge on any atom is 0.287 e. The molecule has 0 fully saturated rings. The number of amides is 1. The molecule has 1 aliphatic carbocycles. The summed E-state index contributed by atoms with van der Waals surface area (Å²) in [6.07, 6.45) is 2.03. The highest BCUT2D eigenvalue weighted by atomic mass is 79.9. The van der Waals surface area contributed by atoms with Gasteiger partial charge in [0.25, 0.3) is 5.91 Å². The van der Waals surface area contributed by atoms with E-state index in [2.05, 4.69) is 27.3 Å². The van der Waals surface area contributed by atoms with Crippen molar-refractivity contribution in [3.05, 3.63) is 58.0 Å². The number of furan rings is 1. The summed E-state index contributed by atoms with van der Waals surface area (Å²) in [6.45, 7) is 0.221. The molecule has 1 aromatic carbocycles. The zero-order valence-corrected chi connectivity index (χ0v) is 13.0. The molecule has 21 heavy (non-hydrogen) atoms. The monoisotopic (exact) mass is 349 g/mol. The van der Waals surface area contributed by atoms with Crippen LogP contribution in [0.1, 0.15) is 28.1 Å². The van der Waals surface area contributed by atoms with Crippen molar-refractivity contribution in [1.29, 1.82) is 0 Å². The van der Waals surface area contributed by atoms with Gasteiger partial charge in [0.2, 0.25) is 0 Å². The lowest BCUT2D eigenvalue weighted by Crippen LogP contribution is -2.46. The normalized spacial score (nSPS) is 20.9. The van der Waals surface area contributed by atoms with Crippen LogP contribution in [0.15, 0.2) is 45.5 Å². The van der Waals surface area contributed by atoms with Crippen LogP contribution in [0.5, 0.6) is 0 Å². The van der Waals surface area contributed by atoms with E-state index < -0.39 is 5.60 Å². The molecule has 4 nitrogen and oxygen atoms in total. The minimum atomic E-state index is -0.895. The van der Waals surface area contributed by atoms with Crippen molar-refractivity contribution in [3.63, 3.8) is 0 Å². The topological polar surface area (TPSA) is 62.5 Å². The van der Waals surface area contributed by atoms with Crippen molar-refractivity contribution in [2.24, 2.45) is 0 Å². The Kier molecular flexibility index (Phi) is 3.87. The average molecular weight is 350 g/mol. The van der Waals surface area contributed by atoms with Gasteiger partial charge in [0.1, 0.15) is 0 Å². The van der Waals surface area contributed by atoms with Gasteiger partial charge < -0.3 is 14.8 Å². The van der Waals surface area contributed by atoms with Gasteiger partial charge in [-0.3, -0.25) is 4.79 Å². The molecule has 1 unspecified atom stereocenters. The largest absolute Gasteiger partial charge is 0.444 e. The lowest BCUT2D eigenvalue weighted by molar-refractivity contribution is 0.0256. The predicted molar refractivity (Wildman–Crippen MR) is 82.2 cm³/mol. The molecule has 2 aromatic rings. The van der Waals surface area contributed by atoms with E-state index in [0.717, 1.165) is 12.0 Å². The van der Waals surface area contributed by atoms with E-state index in [1.54, 1.807) is 12.1 Å². The average Bonchev–Trinajstić information content (AvgIpc) is 2.91. The van der Waals surface area contributed by atoms with E-state index >= 15 is 0 Å². The quantitative estimate of drug-likeness (QED) is 0.895. The second-order valence-electron chi connectivity index (χ2n) is 5.46. The van der Waals surface area contributed by atoms with Crippen molar-refractivity contribution >= 4 is 21.8 Å². The summed E-state index contributed by atoms with van der Waals surface area (Å²) in [5.74, 6) is -0.0744. The van der Waals surface area contributed by atoms with Crippen LogP contribution in [0.3, 0.4) is 0 Å². The molecular formula is C16H16BrNO3. The van der Waals surface area contributed by atoms with Crippen molar-refractivity contribution in [2.45, 2.75) is 24.9 Å². The van der Waals surface area contributed by atoms with Gasteiger partial charge in [0, 0.05) is 13.0 Å². The Hall–Kier alpha value is -1.59. The fraction of sp³-hybridized carbons (Fsp3) is 0.312. The van der Waals surface area contributed by atoms with Crippen LogP contribution in [-0.2, 0) is 12.8 Å². The zero-order chi connectivity index (χ0) is 14.9. The first kappa shape index (κ1) is 14.4. The summed E-state index contributed by atoms with van der Waals surface area (Å²) in [5, 5.41) is 13.4. The number of aliphatic hydroxyl groups is 1. The maximum atomic E-state index is 12.0. The number of fused-ring (bicyclic) bond motifs is 1. The number of aryl methyl sites for hydroxylation is 1. The minimum absolute atomic E-state index is 0.221. The van der Waals surface area contributed by atoms with Crippen LogP contribution < -0.4 is 5.32 Å². The highest BCUT2D eigenvalue weighted by Gasteiger charge is 2.32. The number of nitrogens with one attached hydrogen (secondary N) is 1. The van der Waals surface area contributed by atoms with Crippen molar-refractivity contribution in [3.8, 4) is 0 Å². The van der Waals surface area contributed by atoms with E-state index in [0.29, 0.717) is 17.5 Å². The van der Waals surface area contributed by atoms with Crippen LogP contribution >= 0.6 is 15.9 Å². The third-order valence-corrected chi connectivity index (χ3v) is 4.30. The summed E-state index contributed by atoms with van der Waals surface area (Å²) in [4.78, 5) is 12.0. The number of carbonyl (C=O) groups excluding carboxylic acids is 1. The fourth-order valence-electron chi connectivity index (χ4n) is 2.70. The maximum absolute atomic E-state index is 12.0. The van der Waals surface area contributed by atoms with Crippen LogP contribution in [-0.4, -0.2) is 23.2 Å². The number of hydrogen-bond acceptors (Lipinski definition) is 3. The summed E-state index contributed by atoms with van der Waals surface area (Å²) >= 11 is 3.16. The van der Waals surface area contributed by atoms with E-state index in [9.17, 15) is 9.90 Å². The summed E-state index contributed by atoms with van der Waals surface area (Å²) < 4.78 is 5.71. The van der Waals surface area contributed by atoms with Crippen molar-refractivity contribution in [1.82, 2.24) is 5.32 Å². The van der Waals surface area contributed by atoms with Crippen molar-refractivity contribution in [2.75, 3.05) is 6.54 Å². The SMILES string of the molecule is O=C(NCC1(O)CCc2ccccc2C1)c1ccc(Br)o1. The van der Waals surface area contributed by atoms with Crippen LogP contribution in [0, 0.1) is 0 Å². The van der Waals surface area contributed by atoms with Gasteiger partial charge in [-0.2, -0.15) is 0 Å². The molecule has 1 amide bonds. The van der Waals surface area contributed by atoms with Gasteiger partial charge >= 0.3 is 0 Å². The number of hydrogen-bond donors (Lipinski definition) is 2. The first-order chi connectivity index (χ1) is 10.1. The van der Waals surface area contributed by atoms with E-state index in [1.807, 2.05) is 18.2 Å². The van der Waals surface area contributed by atoms with E-state index in [1.165, 1.54) is 5.56 Å². The Morgan fingerprint density at radius 1 is 1.29 bits per heavy atom. The molecule has 0 spiro atoms. The smallest absolute Gasteiger partial charge is 0.287 e. The first-order valence-corrected chi connectivity index (χ1v) is 7.68. The zero-order valence-electron chi connectivity index (χ0n) is 11.4. The molecule has 1 heterocycles. The van der Waals surface area contributed by atoms with Gasteiger partial charge in [-0.15, -0.1) is 0 Å². The minimum Gasteiger partial charge on any atom is -0.444 e. The molecule has 0 aliphatic heterocycles. The summed E-state index contributed by atoms with van der Waals surface area (Å²) in [5.41, 5.74) is 1.54. The third-order valence-electron chi connectivity index (χ3n) is 3.87. The molecule has 0 bridgehead atoms. The molecule has 1 aromatic heterocycles. The second kappa shape index (κ2) is 5.66. The van der Waals surface area contributed by atoms with Crippen LogP contribution in [0.25, 0.3) is 0 Å². The Morgan fingerprint density at radius 2 is 2.05 bits per heavy atom. The van der Waals surface area contributed by atoms with Gasteiger partial charge in [-0.25, -0.2) is 0 Å². The lowest BCUT2D eigenvalue weighted by Gasteiger charge is -2.33. The molecule has 0 radical (unpaired) electrons. The molecule has 2 N–H and O–H groups in total. The van der Waals surface area contributed by atoms with Gasteiger partial charge in [0.05, 0.1) is 5.60 Å². The molecule has 1 aliphatic rings. The summed E-state index contributed by atoms with van der Waals surface area (Å²) in [6, 6.07) is 11.4. The fourth-order valence-corrected chi connectivity index (χ4v) is 3.01. The molecule has 1 atom stereocenters. The van der Waals surface area contributed by atoms with Crippen LogP contribution in [0.2, 0.25) is 0 Å². The van der Waals surface area contributed by atoms with Crippen LogP contribution in [0.4, 0.5) is 0 Å². The van der Waals surface area contributed by atoms with E-state index in [-0.39, 0.29) is 18.2 Å². The standard InChI is InChI=1S/C16H16BrNO3/c17-14-6-5-13(21-14)15(19)18-10-16(20)8-7-11-3-1-2-4-12(11)9-16/h1-6,20H,7-10H2,(H,18,19). The highest BCUT2D eigenvalue weighted by molar-refractivity contribution is 9.10. The van der Waals surface area contributed by atoms with Gasteiger partial charge in [0.15, 0.2) is 10.4 Å². The molecular weight excluding hydrogens is 334 g/mol. The Balaban J connectivity index is 1.64. The second-order valence-corrected chi connectivity index (χ2v) is 6.24. The Bertz CT molecular complexity index is 667. The lowest BCUT2D eigenvalue weighted by atomic mass is 9.80. The van der Waals surface area contributed by atoms with E-state index in [4.69, 9.17) is 4.42 Å². The van der Waals surface area contributed by atoms with Gasteiger partial charge in [-0.1, -0.05) is 24.3 Å². The number of carbonyl (C=O) groups is 1. The number of benzene rings is 1. The highest BCUT2D eigenvalue weighted by Crippen LogP contribution is 2.28. The molecule has 110 valence electrons. The van der Waals surface area contributed by atoms with Crippen molar-refractivity contribution < 1.29 is 14.3 Å². The molecule has 3 rings (SSSR count). The Labute approximate surface area is 131 Å². The Morgan fingerprint density at radius 3 is 2.76 bits per heavy atom. The molecule has 0 saturated carbocycles. The first-order valence-electron chi connectivity index (χ1n) is 6.88.